The molecule has 27 heavy (non-hydrogen) atoms. The number of halogens is 5. The lowest BCUT2D eigenvalue weighted by molar-refractivity contribution is -0.141. The Morgan fingerprint density at radius 2 is 1.81 bits per heavy atom. The van der Waals surface area contributed by atoms with Crippen molar-refractivity contribution in [1.29, 1.82) is 0 Å². The topological polar surface area (TPSA) is 34.9 Å². The lowest BCUT2D eigenvalue weighted by Crippen LogP contribution is -2.07. The number of hydrogen-bond acceptors (Lipinski definition) is 2. The summed E-state index contributed by atoms with van der Waals surface area (Å²) in [5, 5.41) is 4.00. The Morgan fingerprint density at radius 3 is 2.37 bits per heavy atom. The van der Waals surface area contributed by atoms with E-state index in [1.54, 1.807) is 19.1 Å². The van der Waals surface area contributed by atoms with E-state index in [4.69, 9.17) is 11.6 Å². The van der Waals surface area contributed by atoms with Crippen molar-refractivity contribution < 1.29 is 21.8 Å². The maximum absolute atomic E-state index is 14.2. The zero-order chi connectivity index (χ0) is 19.9. The number of aryl methyl sites for hydroxylation is 1. The first-order valence-electron chi connectivity index (χ1n) is 7.65. The van der Waals surface area contributed by atoms with E-state index in [1.165, 1.54) is 24.5 Å². The first kappa shape index (κ1) is 19.6. The molecular formula is C18H13ClF4N2OS. The molecule has 0 spiro atoms. The van der Waals surface area contributed by atoms with Gasteiger partial charge in [0.15, 0.2) is 5.69 Å². The summed E-state index contributed by atoms with van der Waals surface area (Å²) < 4.78 is 66.3. The number of benzene rings is 2. The van der Waals surface area contributed by atoms with Crippen LogP contribution in [0.2, 0.25) is 5.02 Å². The van der Waals surface area contributed by atoms with Crippen molar-refractivity contribution in [3.63, 3.8) is 0 Å². The monoisotopic (exact) mass is 416 g/mol. The minimum Gasteiger partial charge on any atom is -0.255 e. The second kappa shape index (κ2) is 7.09. The third-order valence-electron chi connectivity index (χ3n) is 3.94. The van der Waals surface area contributed by atoms with Crippen LogP contribution in [-0.4, -0.2) is 20.2 Å². The van der Waals surface area contributed by atoms with E-state index in [0.29, 0.717) is 10.7 Å². The average molecular weight is 417 g/mol. The van der Waals surface area contributed by atoms with Gasteiger partial charge in [-0.1, -0.05) is 23.7 Å². The van der Waals surface area contributed by atoms with Gasteiger partial charge >= 0.3 is 6.18 Å². The van der Waals surface area contributed by atoms with Crippen molar-refractivity contribution in [2.75, 3.05) is 6.26 Å². The predicted molar refractivity (Wildman–Crippen MR) is 96.0 cm³/mol. The molecule has 0 amide bonds. The highest BCUT2D eigenvalue weighted by Gasteiger charge is 2.35. The summed E-state index contributed by atoms with van der Waals surface area (Å²) in [4.78, 5) is -0.0285. The van der Waals surface area contributed by atoms with E-state index in [-0.39, 0.29) is 16.2 Å². The molecule has 0 fully saturated rings. The molecule has 142 valence electrons. The molecule has 0 aliphatic heterocycles. The molecular weight excluding hydrogens is 404 g/mol. The molecule has 1 heterocycles. The third-order valence-corrected chi connectivity index (χ3v) is 5.29. The second-order valence-electron chi connectivity index (χ2n) is 5.86. The van der Waals surface area contributed by atoms with E-state index in [9.17, 15) is 21.8 Å². The Hall–Kier alpha value is -2.19. The molecule has 1 aromatic heterocycles. The fraction of sp³-hybridized carbons (Fsp3) is 0.167. The highest BCUT2D eigenvalue weighted by atomic mass is 35.5. The minimum absolute atomic E-state index is 0.0285. The fourth-order valence-electron chi connectivity index (χ4n) is 2.53. The predicted octanol–water partition coefficient (Wildman–Crippen LogP) is 5.40. The summed E-state index contributed by atoms with van der Waals surface area (Å²) in [7, 11) is -1.56. The van der Waals surface area contributed by atoms with Crippen LogP contribution in [0.5, 0.6) is 0 Å². The Balaban J connectivity index is 2.22. The van der Waals surface area contributed by atoms with Crippen molar-refractivity contribution >= 4 is 22.4 Å². The van der Waals surface area contributed by atoms with Gasteiger partial charge in [-0.2, -0.15) is 18.3 Å². The molecule has 0 aliphatic carbocycles. The van der Waals surface area contributed by atoms with E-state index in [0.717, 1.165) is 22.4 Å². The summed E-state index contributed by atoms with van der Waals surface area (Å²) in [6.45, 7) is 1.76. The van der Waals surface area contributed by atoms with Crippen LogP contribution in [-0.2, 0) is 17.0 Å². The lowest BCUT2D eigenvalue weighted by atomic mass is 10.1. The largest absolute Gasteiger partial charge is 0.435 e. The van der Waals surface area contributed by atoms with Gasteiger partial charge in [-0.05, 0) is 42.8 Å². The van der Waals surface area contributed by atoms with Crippen molar-refractivity contribution in [1.82, 2.24) is 9.78 Å². The molecule has 1 atom stereocenters. The molecule has 0 radical (unpaired) electrons. The highest BCUT2D eigenvalue weighted by Crippen LogP contribution is 2.34. The first-order chi connectivity index (χ1) is 12.6. The molecule has 3 aromatic rings. The maximum Gasteiger partial charge on any atom is 0.435 e. The molecule has 3 rings (SSSR count). The third kappa shape index (κ3) is 3.91. The smallest absolute Gasteiger partial charge is 0.255 e. The van der Waals surface area contributed by atoms with Gasteiger partial charge in [0, 0.05) is 16.8 Å². The van der Waals surface area contributed by atoms with Crippen molar-refractivity contribution in [3.05, 3.63) is 64.6 Å². The summed E-state index contributed by atoms with van der Waals surface area (Å²) in [5.74, 6) is -0.767. The van der Waals surface area contributed by atoms with Crippen LogP contribution in [0.3, 0.4) is 0 Å². The SMILES string of the molecule is Cc1ccc(-n2nc(C(F)(F)F)cc2-c2ccc(S(C)=O)c(F)c2)cc1Cl. The van der Waals surface area contributed by atoms with Crippen molar-refractivity contribution in [2.45, 2.75) is 18.0 Å². The van der Waals surface area contributed by atoms with Crippen LogP contribution < -0.4 is 0 Å². The van der Waals surface area contributed by atoms with Crippen LogP contribution in [0.25, 0.3) is 16.9 Å². The lowest BCUT2D eigenvalue weighted by Gasteiger charge is -2.10. The first-order valence-corrected chi connectivity index (χ1v) is 9.58. The van der Waals surface area contributed by atoms with Gasteiger partial charge in [-0.25, -0.2) is 9.07 Å². The van der Waals surface area contributed by atoms with Gasteiger partial charge in [0.1, 0.15) is 5.82 Å². The standard InChI is InChI=1S/C18H13ClF4N2OS/c1-10-3-5-12(8-13(10)19)25-15(9-17(24-25)18(21,22)23)11-4-6-16(27(2)26)14(20)7-11/h3-9H,1-2H3. The van der Waals surface area contributed by atoms with Gasteiger partial charge in [0.2, 0.25) is 0 Å². The number of hydrogen-bond donors (Lipinski definition) is 0. The van der Waals surface area contributed by atoms with E-state index >= 15 is 0 Å². The maximum atomic E-state index is 14.2. The fourth-order valence-corrected chi connectivity index (χ4v) is 3.30. The number of rotatable bonds is 3. The van der Waals surface area contributed by atoms with Crippen LogP contribution in [0.4, 0.5) is 17.6 Å². The summed E-state index contributed by atoms with van der Waals surface area (Å²) >= 11 is 6.08. The van der Waals surface area contributed by atoms with Crippen LogP contribution >= 0.6 is 11.6 Å². The quantitative estimate of drug-likeness (QED) is 0.536. The van der Waals surface area contributed by atoms with Gasteiger partial charge < -0.3 is 0 Å². The van der Waals surface area contributed by atoms with Crippen LogP contribution in [0.1, 0.15) is 11.3 Å². The molecule has 0 saturated heterocycles. The molecule has 3 nitrogen and oxygen atoms in total. The summed E-state index contributed by atoms with van der Waals surface area (Å²) in [6.07, 6.45) is -3.35. The zero-order valence-corrected chi connectivity index (χ0v) is 15.7. The molecule has 2 aromatic carbocycles. The van der Waals surface area contributed by atoms with Crippen LogP contribution in [0, 0.1) is 12.7 Å². The summed E-state index contributed by atoms with van der Waals surface area (Å²) in [5.41, 5.74) is 0.152. The Labute approximate surface area is 160 Å². The van der Waals surface area contributed by atoms with E-state index in [1.807, 2.05) is 0 Å². The number of aromatic nitrogens is 2. The number of alkyl halides is 3. The van der Waals surface area contributed by atoms with Gasteiger partial charge in [0.05, 0.1) is 27.1 Å². The van der Waals surface area contributed by atoms with E-state index in [2.05, 4.69) is 5.10 Å². The zero-order valence-electron chi connectivity index (χ0n) is 14.1. The van der Waals surface area contributed by atoms with E-state index < -0.39 is 28.5 Å². The Kier molecular flexibility index (Phi) is 5.14. The van der Waals surface area contributed by atoms with Crippen LogP contribution in [0.15, 0.2) is 47.4 Å². The molecule has 0 bridgehead atoms. The summed E-state index contributed by atoms with van der Waals surface area (Å²) in [6, 6.07) is 9.28. The Morgan fingerprint density at radius 1 is 1.11 bits per heavy atom. The highest BCUT2D eigenvalue weighted by molar-refractivity contribution is 7.84. The molecule has 9 heteroatoms. The molecule has 0 N–H and O–H groups in total. The molecule has 0 aliphatic rings. The minimum atomic E-state index is -4.67. The van der Waals surface area contributed by atoms with Gasteiger partial charge in [-0.3, -0.25) is 4.21 Å². The average Bonchev–Trinajstić information content (AvgIpc) is 3.02. The molecule has 1 unspecified atom stereocenters. The van der Waals surface area contributed by atoms with Crippen molar-refractivity contribution in [3.8, 4) is 16.9 Å². The normalized spacial score (nSPS) is 13.0. The second-order valence-corrected chi connectivity index (χ2v) is 7.61. The number of nitrogens with zero attached hydrogens (tertiary/aromatic N) is 2. The van der Waals surface area contributed by atoms with Gasteiger partial charge in [-0.15, -0.1) is 0 Å². The Bertz CT molecular complexity index is 1050. The molecule has 0 saturated carbocycles. The van der Waals surface area contributed by atoms with Gasteiger partial charge in [0.25, 0.3) is 0 Å². The van der Waals surface area contributed by atoms with Crippen molar-refractivity contribution in [2.24, 2.45) is 0 Å².